The molecule has 0 radical (unpaired) electrons. The Hall–Kier alpha value is -1.92. The van der Waals surface area contributed by atoms with Gasteiger partial charge in [-0.2, -0.15) is 0 Å². The molecule has 1 unspecified atom stereocenters. The summed E-state index contributed by atoms with van der Waals surface area (Å²) in [6, 6.07) is 11.0. The first-order valence-electron chi connectivity index (χ1n) is 7.88. The molecule has 0 saturated carbocycles. The molecule has 1 saturated heterocycles. The fraction of sp³-hybridized carbons (Fsp3) is 0.278. The summed E-state index contributed by atoms with van der Waals surface area (Å²) in [5, 5.41) is 0.410. The highest BCUT2D eigenvalue weighted by Crippen LogP contribution is 2.32. The molecule has 7 heteroatoms. The third-order valence-corrected chi connectivity index (χ3v) is 5.13. The van der Waals surface area contributed by atoms with Gasteiger partial charge >= 0.3 is 0 Å². The van der Waals surface area contributed by atoms with Crippen LogP contribution in [0.5, 0.6) is 0 Å². The molecule has 2 heterocycles. The van der Waals surface area contributed by atoms with Gasteiger partial charge in [0.25, 0.3) is 0 Å². The number of hydrogen-bond acceptors (Lipinski definition) is 3. The zero-order valence-corrected chi connectivity index (χ0v) is 16.0. The fourth-order valence-electron chi connectivity index (χ4n) is 2.94. The van der Waals surface area contributed by atoms with Crippen LogP contribution >= 0.6 is 27.5 Å². The van der Waals surface area contributed by atoms with Crippen molar-refractivity contribution in [3.05, 3.63) is 57.8 Å². The number of halogens is 2. The second-order valence-electron chi connectivity index (χ2n) is 5.97. The number of nitrogens with zero attached hydrogens (tertiary/aromatic N) is 3. The van der Waals surface area contributed by atoms with E-state index in [-0.39, 0.29) is 11.8 Å². The Labute approximate surface area is 159 Å². The molecule has 130 valence electrons. The van der Waals surface area contributed by atoms with Crippen molar-refractivity contribution >= 4 is 45.0 Å². The number of hydrogen-bond donors (Lipinski definition) is 0. The summed E-state index contributed by atoms with van der Waals surface area (Å²) in [7, 11) is 1.70. The maximum atomic E-state index is 12.7. The van der Waals surface area contributed by atoms with Crippen molar-refractivity contribution < 1.29 is 9.59 Å². The predicted octanol–water partition coefficient (Wildman–Crippen LogP) is 3.51. The highest BCUT2D eigenvalue weighted by molar-refractivity contribution is 9.10. The monoisotopic (exact) mass is 421 g/mol. The first kappa shape index (κ1) is 17.9. The highest BCUT2D eigenvalue weighted by atomic mass is 79.9. The Kier molecular flexibility index (Phi) is 5.39. The maximum Gasteiger partial charge on any atom is 0.239 e. The molecule has 0 N–H and O–H groups in total. The molecule has 1 fully saturated rings. The zero-order valence-electron chi connectivity index (χ0n) is 13.7. The van der Waals surface area contributed by atoms with Crippen molar-refractivity contribution in [1.29, 1.82) is 0 Å². The van der Waals surface area contributed by atoms with Crippen LogP contribution in [0.25, 0.3) is 0 Å². The molecular formula is C18H17BrClN3O2. The minimum atomic E-state index is -0.641. The van der Waals surface area contributed by atoms with Crippen molar-refractivity contribution in [2.24, 2.45) is 5.92 Å². The molecule has 0 aliphatic carbocycles. The van der Waals surface area contributed by atoms with Gasteiger partial charge in [0.1, 0.15) is 11.1 Å². The topological polar surface area (TPSA) is 53.5 Å². The maximum absolute atomic E-state index is 12.7. The lowest BCUT2D eigenvalue weighted by molar-refractivity contribution is -0.139. The van der Waals surface area contributed by atoms with Crippen molar-refractivity contribution in [3.8, 4) is 0 Å². The van der Waals surface area contributed by atoms with Crippen LogP contribution in [0.4, 0.5) is 5.69 Å². The van der Waals surface area contributed by atoms with E-state index in [9.17, 15) is 9.59 Å². The second-order valence-corrected chi connectivity index (χ2v) is 7.21. The third-order valence-electron chi connectivity index (χ3n) is 4.23. The summed E-state index contributed by atoms with van der Waals surface area (Å²) in [6.07, 6.45) is 2.15. The van der Waals surface area contributed by atoms with E-state index in [1.807, 2.05) is 30.3 Å². The van der Waals surface area contributed by atoms with Gasteiger partial charge in [-0.25, -0.2) is 4.98 Å². The van der Waals surface area contributed by atoms with Crippen LogP contribution in [0.1, 0.15) is 12.0 Å². The molecule has 2 amide bonds. The minimum Gasteiger partial charge on any atom is -0.341 e. The molecule has 3 rings (SSSR count). The first-order chi connectivity index (χ1) is 12.0. The van der Waals surface area contributed by atoms with E-state index in [0.29, 0.717) is 24.7 Å². The van der Waals surface area contributed by atoms with Crippen LogP contribution in [0.2, 0.25) is 5.15 Å². The Bertz CT molecular complexity index is 797. The molecular weight excluding hydrogens is 406 g/mol. The number of amides is 2. The van der Waals surface area contributed by atoms with Crippen LogP contribution in [0.3, 0.4) is 0 Å². The molecule has 1 aliphatic rings. The number of rotatable bonds is 4. The smallest absolute Gasteiger partial charge is 0.239 e. The van der Waals surface area contributed by atoms with Crippen LogP contribution in [-0.2, 0) is 16.1 Å². The van der Waals surface area contributed by atoms with E-state index >= 15 is 0 Å². The fourth-order valence-corrected chi connectivity index (χ4v) is 3.55. The quantitative estimate of drug-likeness (QED) is 0.560. The number of para-hydroxylation sites is 1. The number of benzene rings is 1. The van der Waals surface area contributed by atoms with Crippen molar-refractivity contribution in [2.75, 3.05) is 18.5 Å². The normalized spacial score (nSPS) is 17.0. The number of carbonyl (C=O) groups excluding carboxylic acids is 2. The second kappa shape index (κ2) is 7.54. The van der Waals surface area contributed by atoms with E-state index in [0.717, 1.165) is 15.7 Å². The standard InChI is InChI=1S/C18H17BrClN3O2/c1-22(11-12-6-7-16(20)21-10-12)17(24)13-8-9-23(18(13)25)15-5-3-2-4-14(15)19/h2-7,10,13H,8-9,11H2,1H3. The van der Waals surface area contributed by atoms with Crippen molar-refractivity contribution in [1.82, 2.24) is 9.88 Å². The average molecular weight is 423 g/mol. The Balaban J connectivity index is 1.69. The molecule has 1 aliphatic heterocycles. The Morgan fingerprint density at radius 1 is 1.36 bits per heavy atom. The van der Waals surface area contributed by atoms with Gasteiger partial charge in [-0.3, -0.25) is 9.59 Å². The zero-order chi connectivity index (χ0) is 18.0. The number of pyridine rings is 1. The molecule has 25 heavy (non-hydrogen) atoms. The lowest BCUT2D eigenvalue weighted by atomic mass is 10.1. The lowest BCUT2D eigenvalue weighted by Gasteiger charge is -2.21. The Morgan fingerprint density at radius 2 is 2.12 bits per heavy atom. The van der Waals surface area contributed by atoms with Crippen molar-refractivity contribution in [2.45, 2.75) is 13.0 Å². The minimum absolute atomic E-state index is 0.155. The van der Waals surface area contributed by atoms with Crippen LogP contribution in [-0.4, -0.2) is 35.3 Å². The average Bonchev–Trinajstić information content (AvgIpc) is 2.98. The summed E-state index contributed by atoms with van der Waals surface area (Å²) in [6.45, 7) is 0.927. The summed E-state index contributed by atoms with van der Waals surface area (Å²) in [5.41, 5.74) is 1.67. The lowest BCUT2D eigenvalue weighted by Crippen LogP contribution is -2.37. The molecule has 1 aromatic heterocycles. The number of anilines is 1. The summed E-state index contributed by atoms with van der Waals surface area (Å²) in [5.74, 6) is -0.968. The van der Waals surface area contributed by atoms with Crippen LogP contribution < -0.4 is 4.90 Å². The largest absolute Gasteiger partial charge is 0.341 e. The molecule has 0 spiro atoms. The molecule has 1 atom stereocenters. The summed E-state index contributed by atoms with van der Waals surface area (Å²) >= 11 is 9.24. The third kappa shape index (κ3) is 3.85. The SMILES string of the molecule is CN(Cc1ccc(Cl)nc1)C(=O)C1CCN(c2ccccc2Br)C1=O. The van der Waals surface area contributed by atoms with Gasteiger partial charge in [-0.15, -0.1) is 0 Å². The van der Waals surface area contributed by atoms with Gasteiger partial charge in [0.15, 0.2) is 0 Å². The van der Waals surface area contributed by atoms with Crippen molar-refractivity contribution in [3.63, 3.8) is 0 Å². The van der Waals surface area contributed by atoms with E-state index in [2.05, 4.69) is 20.9 Å². The first-order valence-corrected chi connectivity index (χ1v) is 9.06. The van der Waals surface area contributed by atoms with Gasteiger partial charge in [-0.05, 0) is 46.1 Å². The summed E-state index contributed by atoms with van der Waals surface area (Å²) in [4.78, 5) is 32.7. The van der Waals surface area contributed by atoms with Crippen LogP contribution in [0.15, 0.2) is 47.1 Å². The van der Waals surface area contributed by atoms with Crippen LogP contribution in [0, 0.1) is 5.92 Å². The predicted molar refractivity (Wildman–Crippen MR) is 100 cm³/mol. The number of aromatic nitrogens is 1. The molecule has 2 aromatic rings. The molecule has 0 bridgehead atoms. The van der Waals surface area contributed by atoms with Gasteiger partial charge in [-0.1, -0.05) is 29.8 Å². The van der Waals surface area contributed by atoms with E-state index < -0.39 is 5.92 Å². The van der Waals surface area contributed by atoms with E-state index in [1.165, 1.54) is 0 Å². The highest BCUT2D eigenvalue weighted by Gasteiger charge is 2.39. The molecule has 5 nitrogen and oxygen atoms in total. The Morgan fingerprint density at radius 3 is 2.80 bits per heavy atom. The van der Waals surface area contributed by atoms with Gasteiger partial charge in [0.05, 0.1) is 5.69 Å². The van der Waals surface area contributed by atoms with Gasteiger partial charge in [0.2, 0.25) is 11.8 Å². The number of carbonyl (C=O) groups is 2. The van der Waals surface area contributed by atoms with E-state index in [4.69, 9.17) is 11.6 Å². The van der Waals surface area contributed by atoms with Gasteiger partial charge in [0, 0.05) is 30.8 Å². The summed E-state index contributed by atoms with van der Waals surface area (Å²) < 4.78 is 0.844. The van der Waals surface area contributed by atoms with E-state index in [1.54, 1.807) is 29.1 Å². The molecule has 1 aromatic carbocycles. The van der Waals surface area contributed by atoms with Gasteiger partial charge < -0.3 is 9.80 Å².